The van der Waals surface area contributed by atoms with Crippen LogP contribution in [0.5, 0.6) is 0 Å². The number of nitrogens with two attached hydrogens (primary N) is 1. The van der Waals surface area contributed by atoms with E-state index in [2.05, 4.69) is 5.10 Å². The van der Waals surface area contributed by atoms with Gasteiger partial charge in [0.25, 0.3) is 0 Å². The monoisotopic (exact) mass is 252 g/mol. The number of amides is 1. The molecule has 2 N–H and O–H groups in total. The highest BCUT2D eigenvalue weighted by molar-refractivity contribution is 7.80. The van der Waals surface area contributed by atoms with Crippen LogP contribution in [0.4, 0.5) is 0 Å². The molecule has 5 nitrogen and oxygen atoms in total. The van der Waals surface area contributed by atoms with Gasteiger partial charge in [-0.1, -0.05) is 12.2 Å². The molecule has 1 aromatic rings. The van der Waals surface area contributed by atoms with E-state index >= 15 is 0 Å². The van der Waals surface area contributed by atoms with Crippen molar-refractivity contribution < 1.29 is 4.79 Å². The average molecular weight is 252 g/mol. The molecule has 0 aromatic carbocycles. The van der Waals surface area contributed by atoms with Crippen LogP contribution in [-0.2, 0) is 18.4 Å². The number of hydrogen-bond donors (Lipinski definition) is 1. The van der Waals surface area contributed by atoms with E-state index in [9.17, 15) is 4.79 Å². The molecule has 0 atom stereocenters. The van der Waals surface area contributed by atoms with Gasteiger partial charge in [0.05, 0.1) is 16.6 Å². The van der Waals surface area contributed by atoms with E-state index in [1.165, 1.54) is 0 Å². The Labute approximate surface area is 106 Å². The Balaban J connectivity index is 2.03. The smallest absolute Gasteiger partial charge is 0.235 e. The van der Waals surface area contributed by atoms with Gasteiger partial charge in [-0.05, 0) is 12.8 Å². The van der Waals surface area contributed by atoms with Crippen LogP contribution in [0.25, 0.3) is 0 Å². The van der Waals surface area contributed by atoms with Crippen molar-refractivity contribution in [1.29, 1.82) is 0 Å². The summed E-state index contributed by atoms with van der Waals surface area (Å²) >= 11 is 4.97. The normalized spacial score (nSPS) is 16.6. The van der Waals surface area contributed by atoms with E-state index in [1.807, 2.05) is 13.2 Å². The maximum absolute atomic E-state index is 12.2. The number of hydrogen-bond acceptors (Lipinski definition) is 3. The molecular formula is C11H16N4OS. The van der Waals surface area contributed by atoms with Crippen molar-refractivity contribution >= 4 is 23.1 Å². The van der Waals surface area contributed by atoms with Gasteiger partial charge in [-0.2, -0.15) is 5.10 Å². The van der Waals surface area contributed by atoms with E-state index in [4.69, 9.17) is 18.0 Å². The van der Waals surface area contributed by atoms with Gasteiger partial charge in [-0.3, -0.25) is 9.48 Å². The van der Waals surface area contributed by atoms with Crippen molar-refractivity contribution in [2.45, 2.75) is 19.4 Å². The lowest BCUT2D eigenvalue weighted by molar-refractivity contribution is -0.133. The van der Waals surface area contributed by atoms with Crippen molar-refractivity contribution in [3.05, 3.63) is 18.0 Å². The molecule has 1 aliphatic rings. The van der Waals surface area contributed by atoms with Crippen LogP contribution in [0.3, 0.4) is 0 Å². The first-order chi connectivity index (χ1) is 7.95. The van der Waals surface area contributed by atoms with E-state index < -0.39 is 5.41 Å². The van der Waals surface area contributed by atoms with E-state index in [-0.39, 0.29) is 5.91 Å². The van der Waals surface area contributed by atoms with Gasteiger partial charge in [0, 0.05) is 32.4 Å². The van der Waals surface area contributed by atoms with Crippen LogP contribution < -0.4 is 5.73 Å². The predicted octanol–water partition coefficient (Wildman–Crippen LogP) is 0.445. The summed E-state index contributed by atoms with van der Waals surface area (Å²) < 4.78 is 1.72. The number of carbonyl (C=O) groups excluding carboxylic acids is 1. The highest BCUT2D eigenvalue weighted by Crippen LogP contribution is 2.47. The first kappa shape index (κ1) is 12.0. The van der Waals surface area contributed by atoms with Crippen LogP contribution in [0, 0.1) is 5.41 Å². The maximum atomic E-state index is 12.2. The molecule has 1 heterocycles. The van der Waals surface area contributed by atoms with Gasteiger partial charge >= 0.3 is 0 Å². The lowest BCUT2D eigenvalue weighted by Crippen LogP contribution is -2.40. The van der Waals surface area contributed by atoms with Crippen LogP contribution in [0.2, 0.25) is 0 Å². The highest BCUT2D eigenvalue weighted by atomic mass is 32.1. The van der Waals surface area contributed by atoms with Gasteiger partial charge in [-0.25, -0.2) is 0 Å². The van der Waals surface area contributed by atoms with Crippen LogP contribution in [0.1, 0.15) is 18.4 Å². The number of thiocarbonyl (C=S) groups is 1. The molecule has 0 spiro atoms. The molecule has 0 aliphatic heterocycles. The standard InChI is InChI=1S/C11H16N4OS/c1-14(6-8-5-13-15(2)7-8)10(16)11(3-4-11)9(12)17/h5,7H,3-4,6H2,1-2H3,(H2,12,17). The van der Waals surface area contributed by atoms with Crippen molar-refractivity contribution in [2.75, 3.05) is 7.05 Å². The van der Waals surface area contributed by atoms with Gasteiger partial charge in [-0.15, -0.1) is 0 Å². The molecule has 6 heteroatoms. The minimum Gasteiger partial charge on any atom is -0.392 e. The quantitative estimate of drug-likeness (QED) is 0.790. The minimum absolute atomic E-state index is 0.0221. The zero-order valence-corrected chi connectivity index (χ0v) is 10.8. The average Bonchev–Trinajstić information content (AvgIpc) is 2.98. The van der Waals surface area contributed by atoms with Crippen molar-refractivity contribution in [3.63, 3.8) is 0 Å². The second-order valence-corrected chi connectivity index (χ2v) is 5.07. The summed E-state index contributed by atoms with van der Waals surface area (Å²) in [5.74, 6) is 0.0221. The molecule has 17 heavy (non-hydrogen) atoms. The predicted molar refractivity (Wildman–Crippen MR) is 68.1 cm³/mol. The molecule has 0 unspecified atom stereocenters. The minimum atomic E-state index is -0.563. The van der Waals surface area contributed by atoms with Gasteiger partial charge in [0.2, 0.25) is 5.91 Å². The van der Waals surface area contributed by atoms with Crippen LogP contribution in [-0.4, -0.2) is 32.6 Å². The summed E-state index contributed by atoms with van der Waals surface area (Å²) in [6.45, 7) is 0.539. The fraction of sp³-hybridized carbons (Fsp3) is 0.545. The molecule has 0 saturated heterocycles. The molecule has 2 rings (SSSR count). The van der Waals surface area contributed by atoms with Crippen molar-refractivity contribution in [1.82, 2.24) is 14.7 Å². The third kappa shape index (κ3) is 2.17. The Bertz CT molecular complexity index is 464. The molecule has 0 bridgehead atoms. The SMILES string of the molecule is CN(Cc1cnn(C)c1)C(=O)C1(C(N)=S)CC1. The topological polar surface area (TPSA) is 64.2 Å². The van der Waals surface area contributed by atoms with Gasteiger partial charge < -0.3 is 10.6 Å². The number of rotatable bonds is 4. The Morgan fingerprint density at radius 1 is 1.71 bits per heavy atom. The fourth-order valence-electron chi connectivity index (χ4n) is 1.96. The molecule has 0 radical (unpaired) electrons. The second kappa shape index (κ2) is 4.10. The highest BCUT2D eigenvalue weighted by Gasteiger charge is 2.53. The van der Waals surface area contributed by atoms with Crippen molar-refractivity contribution in [3.8, 4) is 0 Å². The summed E-state index contributed by atoms with van der Waals surface area (Å²) in [6.07, 6.45) is 5.20. The molecule has 1 fully saturated rings. The Morgan fingerprint density at radius 2 is 2.35 bits per heavy atom. The van der Waals surface area contributed by atoms with E-state index in [0.717, 1.165) is 18.4 Å². The summed E-state index contributed by atoms with van der Waals surface area (Å²) in [7, 11) is 3.62. The third-order valence-electron chi connectivity index (χ3n) is 3.16. The Kier molecular flexibility index (Phi) is 2.91. The molecular weight excluding hydrogens is 236 g/mol. The van der Waals surface area contributed by atoms with Crippen molar-refractivity contribution in [2.24, 2.45) is 18.2 Å². The first-order valence-electron chi connectivity index (χ1n) is 5.49. The van der Waals surface area contributed by atoms with Crippen LogP contribution in [0.15, 0.2) is 12.4 Å². The zero-order valence-electron chi connectivity index (χ0n) is 10.0. The molecule has 1 amide bonds. The fourth-order valence-corrected chi connectivity index (χ4v) is 2.25. The van der Waals surface area contributed by atoms with E-state index in [0.29, 0.717) is 11.5 Å². The Hall–Kier alpha value is -1.43. The van der Waals surface area contributed by atoms with Gasteiger partial charge in [0.1, 0.15) is 0 Å². The summed E-state index contributed by atoms with van der Waals surface area (Å²) in [6, 6.07) is 0. The summed E-state index contributed by atoms with van der Waals surface area (Å²) in [5, 5.41) is 4.07. The third-order valence-corrected chi connectivity index (χ3v) is 3.55. The summed E-state index contributed by atoms with van der Waals surface area (Å²) in [4.78, 5) is 14.2. The second-order valence-electron chi connectivity index (χ2n) is 4.63. The molecule has 1 aromatic heterocycles. The largest absolute Gasteiger partial charge is 0.392 e. The Morgan fingerprint density at radius 3 is 2.76 bits per heavy atom. The lowest BCUT2D eigenvalue weighted by Gasteiger charge is -2.22. The maximum Gasteiger partial charge on any atom is 0.235 e. The molecule has 1 aliphatic carbocycles. The van der Waals surface area contributed by atoms with E-state index in [1.54, 1.807) is 22.8 Å². The summed E-state index contributed by atoms with van der Waals surface area (Å²) in [5.41, 5.74) is 6.08. The molecule has 92 valence electrons. The zero-order chi connectivity index (χ0) is 12.6. The number of aryl methyl sites for hydroxylation is 1. The lowest BCUT2D eigenvalue weighted by atomic mass is 10.1. The first-order valence-corrected chi connectivity index (χ1v) is 5.89. The van der Waals surface area contributed by atoms with Gasteiger partial charge in [0.15, 0.2) is 0 Å². The number of nitrogens with zero attached hydrogens (tertiary/aromatic N) is 3. The van der Waals surface area contributed by atoms with Crippen LogP contribution >= 0.6 is 12.2 Å². The molecule has 1 saturated carbocycles. The number of aromatic nitrogens is 2. The number of carbonyl (C=O) groups is 1.